The van der Waals surface area contributed by atoms with Crippen LogP contribution in [-0.2, 0) is 7.05 Å². The first-order valence-corrected chi connectivity index (χ1v) is 3.94. The average Bonchev–Trinajstić information content (AvgIpc) is 2.16. The summed E-state index contributed by atoms with van der Waals surface area (Å²) in [5, 5.41) is 7.04. The van der Waals surface area contributed by atoms with Gasteiger partial charge < -0.3 is 5.41 Å². The smallest absolute Gasteiger partial charge is 0.308 e. The highest BCUT2D eigenvalue weighted by molar-refractivity contribution is 5.83. The van der Waals surface area contributed by atoms with E-state index in [0.717, 1.165) is 10.8 Å². The van der Waals surface area contributed by atoms with Crippen molar-refractivity contribution in [2.45, 2.75) is 6.92 Å². The molecule has 14 heavy (non-hydrogen) atoms. The predicted molar refractivity (Wildman–Crippen MR) is 54.0 cm³/mol. The Bertz CT molecular complexity index is 495. The van der Waals surface area contributed by atoms with Crippen LogP contribution >= 0.6 is 0 Å². The molecule has 0 aromatic carbocycles. The van der Waals surface area contributed by atoms with Gasteiger partial charge in [-0.15, -0.1) is 0 Å². The Morgan fingerprint density at radius 2 is 2.14 bits per heavy atom. The number of aromatic amines is 1. The molecule has 0 aliphatic carbocycles. The van der Waals surface area contributed by atoms with E-state index in [-0.39, 0.29) is 11.4 Å². The Balaban J connectivity index is 3.69. The van der Waals surface area contributed by atoms with Gasteiger partial charge in [-0.1, -0.05) is 0 Å². The fraction of sp³-hybridized carbons (Fsp3) is 0.250. The molecule has 0 aliphatic rings. The van der Waals surface area contributed by atoms with Gasteiger partial charge in [0.2, 0.25) is 0 Å². The minimum absolute atomic E-state index is 0.0743. The summed E-state index contributed by atoms with van der Waals surface area (Å²) in [6.07, 6.45) is 2.32. The quantitative estimate of drug-likeness (QED) is 0.638. The zero-order chi connectivity index (χ0) is 10.7. The van der Waals surface area contributed by atoms with Crippen molar-refractivity contribution in [1.29, 1.82) is 5.41 Å². The molecule has 6 heteroatoms. The van der Waals surface area contributed by atoms with E-state index in [1.807, 2.05) is 0 Å². The van der Waals surface area contributed by atoms with E-state index in [4.69, 9.17) is 5.41 Å². The summed E-state index contributed by atoms with van der Waals surface area (Å²) in [7, 11) is 1.34. The highest BCUT2D eigenvalue weighted by atomic mass is 16.2. The molecule has 0 radical (unpaired) electrons. The lowest BCUT2D eigenvalue weighted by atomic mass is 10.3. The number of nitrogens with zero attached hydrogens (tertiary/aromatic N) is 2. The van der Waals surface area contributed by atoms with Crippen LogP contribution in [0.3, 0.4) is 0 Å². The first kappa shape index (κ1) is 10.1. The Labute approximate surface area is 79.4 Å². The number of H-pyrrole nitrogens is 1. The number of aliphatic imine (C=N–C) groups is 1. The number of aromatic nitrogens is 2. The average molecular weight is 194 g/mol. The molecule has 1 aromatic rings. The molecule has 0 spiro atoms. The van der Waals surface area contributed by atoms with Crippen molar-refractivity contribution in [2.75, 3.05) is 0 Å². The summed E-state index contributed by atoms with van der Waals surface area (Å²) in [4.78, 5) is 28.8. The van der Waals surface area contributed by atoms with E-state index in [1.54, 1.807) is 6.92 Å². The van der Waals surface area contributed by atoms with E-state index in [0.29, 0.717) is 0 Å². The lowest BCUT2D eigenvalue weighted by Gasteiger charge is -2.01. The lowest BCUT2D eigenvalue weighted by Crippen LogP contribution is -2.34. The zero-order valence-corrected chi connectivity index (χ0v) is 7.87. The van der Waals surface area contributed by atoms with Crippen molar-refractivity contribution in [2.24, 2.45) is 12.0 Å². The Hall–Kier alpha value is -1.98. The van der Waals surface area contributed by atoms with Crippen LogP contribution in [0.15, 0.2) is 14.6 Å². The second-order valence-corrected chi connectivity index (χ2v) is 2.59. The molecule has 74 valence electrons. The van der Waals surface area contributed by atoms with Gasteiger partial charge in [0.25, 0.3) is 5.56 Å². The van der Waals surface area contributed by atoms with Gasteiger partial charge in [0.1, 0.15) is 11.4 Å². The maximum atomic E-state index is 11.4. The molecule has 1 heterocycles. The summed E-state index contributed by atoms with van der Waals surface area (Å²) in [6, 6.07) is 0. The largest absolute Gasteiger partial charge is 0.329 e. The fourth-order valence-corrected chi connectivity index (χ4v) is 0.988. The summed E-state index contributed by atoms with van der Waals surface area (Å²) in [5.41, 5.74) is -0.990. The third-order valence-corrected chi connectivity index (χ3v) is 1.72. The van der Waals surface area contributed by atoms with E-state index < -0.39 is 11.2 Å². The van der Waals surface area contributed by atoms with Crippen LogP contribution in [0, 0.1) is 5.41 Å². The molecule has 0 saturated carbocycles. The molecule has 0 unspecified atom stereocenters. The first-order valence-electron chi connectivity index (χ1n) is 3.94. The maximum absolute atomic E-state index is 11.4. The van der Waals surface area contributed by atoms with Gasteiger partial charge in [-0.3, -0.25) is 14.3 Å². The molecule has 2 N–H and O–H groups in total. The van der Waals surface area contributed by atoms with Crippen LogP contribution in [-0.4, -0.2) is 22.0 Å². The number of nitrogens with one attached hydrogen (secondary N) is 2. The van der Waals surface area contributed by atoms with E-state index in [1.165, 1.54) is 13.3 Å². The monoisotopic (exact) mass is 194 g/mol. The van der Waals surface area contributed by atoms with E-state index in [9.17, 15) is 9.59 Å². The Kier molecular flexibility index (Phi) is 2.76. The normalized spacial score (nSPS) is 10.7. The van der Waals surface area contributed by atoms with Crippen molar-refractivity contribution in [3.05, 3.63) is 26.4 Å². The summed E-state index contributed by atoms with van der Waals surface area (Å²) in [6.45, 7) is 1.66. The fourth-order valence-electron chi connectivity index (χ4n) is 0.988. The molecule has 1 aromatic heterocycles. The predicted octanol–water partition coefficient (Wildman–Crippen LogP) is -0.207. The highest BCUT2D eigenvalue weighted by Gasteiger charge is 2.07. The first-order chi connectivity index (χ1) is 6.61. The highest BCUT2D eigenvalue weighted by Crippen LogP contribution is 2.05. The van der Waals surface area contributed by atoms with E-state index >= 15 is 0 Å². The third-order valence-electron chi connectivity index (χ3n) is 1.72. The van der Waals surface area contributed by atoms with Gasteiger partial charge in [-0.05, 0) is 6.92 Å². The summed E-state index contributed by atoms with van der Waals surface area (Å²) < 4.78 is 0.898. The van der Waals surface area contributed by atoms with Gasteiger partial charge >= 0.3 is 5.69 Å². The van der Waals surface area contributed by atoms with Gasteiger partial charge in [0.05, 0.1) is 0 Å². The minimum Gasteiger partial charge on any atom is -0.308 e. The van der Waals surface area contributed by atoms with Crippen LogP contribution < -0.4 is 11.2 Å². The zero-order valence-electron chi connectivity index (χ0n) is 7.87. The summed E-state index contributed by atoms with van der Waals surface area (Å²) in [5.74, 6) is 0.121. The Morgan fingerprint density at radius 3 is 2.64 bits per heavy atom. The van der Waals surface area contributed by atoms with Crippen molar-refractivity contribution in [3.63, 3.8) is 0 Å². The number of rotatable bonds is 2. The molecule has 0 aliphatic heterocycles. The van der Waals surface area contributed by atoms with Crippen LogP contribution in [0.4, 0.5) is 5.82 Å². The molecule has 0 fully saturated rings. The Morgan fingerprint density at radius 1 is 1.50 bits per heavy atom. The molecular formula is C8H10N4O2. The minimum atomic E-state index is -0.541. The molecule has 0 atom stereocenters. The van der Waals surface area contributed by atoms with Crippen molar-refractivity contribution < 1.29 is 0 Å². The van der Waals surface area contributed by atoms with Crippen LogP contribution in [0.1, 0.15) is 12.5 Å². The van der Waals surface area contributed by atoms with Crippen LogP contribution in [0.25, 0.3) is 0 Å². The topological polar surface area (TPSA) is 91.1 Å². The van der Waals surface area contributed by atoms with Gasteiger partial charge in [0.15, 0.2) is 0 Å². The number of hydrogen-bond acceptors (Lipinski definition) is 4. The molecule has 0 amide bonds. The van der Waals surface area contributed by atoms with Gasteiger partial charge in [-0.2, -0.15) is 0 Å². The van der Waals surface area contributed by atoms with Gasteiger partial charge in [0, 0.05) is 19.5 Å². The molecule has 0 saturated heterocycles. The second-order valence-electron chi connectivity index (χ2n) is 2.59. The number of hydrogen-bond donors (Lipinski definition) is 2. The molecule has 1 rings (SSSR count). The SMILES string of the molecule is C/C=N\c1[nH]c(=O)n(C)c(=O)c1C=N. The third kappa shape index (κ3) is 1.54. The van der Waals surface area contributed by atoms with Gasteiger partial charge in [-0.25, -0.2) is 9.79 Å². The second kappa shape index (κ2) is 3.82. The van der Waals surface area contributed by atoms with Crippen LogP contribution in [0.5, 0.6) is 0 Å². The van der Waals surface area contributed by atoms with Crippen molar-refractivity contribution >= 4 is 18.2 Å². The van der Waals surface area contributed by atoms with Crippen molar-refractivity contribution in [1.82, 2.24) is 9.55 Å². The molecule has 0 bridgehead atoms. The molecular weight excluding hydrogens is 184 g/mol. The van der Waals surface area contributed by atoms with E-state index in [2.05, 4.69) is 9.98 Å². The lowest BCUT2D eigenvalue weighted by molar-refractivity contribution is 0.774. The summed E-state index contributed by atoms with van der Waals surface area (Å²) >= 11 is 0. The van der Waals surface area contributed by atoms with Crippen LogP contribution in [0.2, 0.25) is 0 Å². The standard InChI is InChI=1S/C8H10N4O2/c1-3-10-6-5(4-9)7(13)12(2)8(14)11-6/h3-4,9H,1-2H3,(H,11,14)/b9-4?,10-3-. The maximum Gasteiger partial charge on any atom is 0.329 e. The molecule has 6 nitrogen and oxygen atoms in total. The van der Waals surface area contributed by atoms with Crippen molar-refractivity contribution in [3.8, 4) is 0 Å².